The minimum absolute atomic E-state index is 0.0206. The molecule has 1 unspecified atom stereocenters. The van der Waals surface area contributed by atoms with Crippen molar-refractivity contribution in [2.75, 3.05) is 7.11 Å². The molecule has 20 heavy (non-hydrogen) atoms. The summed E-state index contributed by atoms with van der Waals surface area (Å²) in [5.41, 5.74) is 0. The molecule has 0 fully saturated rings. The van der Waals surface area contributed by atoms with Gasteiger partial charge in [-0.15, -0.1) is 11.3 Å². The SMILES string of the molecule is COC(=O)CCC(NC(=O)CCc1cccs1)C(=O)O. The third kappa shape index (κ3) is 5.83. The summed E-state index contributed by atoms with van der Waals surface area (Å²) in [7, 11) is 1.23. The molecule has 0 saturated carbocycles. The molecule has 0 bridgehead atoms. The fourth-order valence-corrected chi connectivity index (χ4v) is 2.29. The Balaban J connectivity index is 2.38. The first-order chi connectivity index (χ1) is 9.52. The fourth-order valence-electron chi connectivity index (χ4n) is 1.58. The van der Waals surface area contributed by atoms with E-state index in [9.17, 15) is 14.4 Å². The Bertz CT molecular complexity index is 457. The second-order valence-electron chi connectivity index (χ2n) is 4.15. The number of aliphatic carboxylic acids is 1. The van der Waals surface area contributed by atoms with E-state index in [2.05, 4.69) is 10.1 Å². The largest absolute Gasteiger partial charge is 0.480 e. The van der Waals surface area contributed by atoms with Gasteiger partial charge in [0.1, 0.15) is 6.04 Å². The van der Waals surface area contributed by atoms with Gasteiger partial charge in [0.15, 0.2) is 0 Å². The smallest absolute Gasteiger partial charge is 0.326 e. The van der Waals surface area contributed by atoms with Crippen molar-refractivity contribution in [1.29, 1.82) is 0 Å². The highest BCUT2D eigenvalue weighted by Gasteiger charge is 2.21. The van der Waals surface area contributed by atoms with E-state index in [4.69, 9.17) is 5.11 Å². The molecular weight excluding hydrogens is 282 g/mol. The molecule has 1 aromatic heterocycles. The number of nitrogens with one attached hydrogen (secondary N) is 1. The van der Waals surface area contributed by atoms with Gasteiger partial charge in [0, 0.05) is 17.7 Å². The van der Waals surface area contributed by atoms with Crippen LogP contribution in [-0.2, 0) is 25.5 Å². The molecule has 110 valence electrons. The van der Waals surface area contributed by atoms with Crippen LogP contribution in [0, 0.1) is 0 Å². The molecule has 2 N–H and O–H groups in total. The summed E-state index contributed by atoms with van der Waals surface area (Å²) in [6, 6.07) is 2.75. The summed E-state index contributed by atoms with van der Waals surface area (Å²) >= 11 is 1.55. The number of thiophene rings is 1. The van der Waals surface area contributed by atoms with Crippen molar-refractivity contribution in [3.8, 4) is 0 Å². The standard InChI is InChI=1S/C13H17NO5S/c1-19-12(16)7-5-10(13(17)18)14-11(15)6-4-9-3-2-8-20-9/h2-3,8,10H,4-7H2,1H3,(H,14,15)(H,17,18). The van der Waals surface area contributed by atoms with Gasteiger partial charge in [-0.25, -0.2) is 4.79 Å². The van der Waals surface area contributed by atoms with E-state index in [1.165, 1.54) is 7.11 Å². The topological polar surface area (TPSA) is 92.7 Å². The second-order valence-corrected chi connectivity index (χ2v) is 5.18. The normalized spacial score (nSPS) is 11.7. The van der Waals surface area contributed by atoms with Gasteiger partial charge in [-0.1, -0.05) is 6.07 Å². The van der Waals surface area contributed by atoms with Gasteiger partial charge < -0.3 is 15.2 Å². The number of aryl methyl sites for hydroxylation is 1. The maximum Gasteiger partial charge on any atom is 0.326 e. The zero-order chi connectivity index (χ0) is 15.0. The van der Waals surface area contributed by atoms with Crippen LogP contribution in [0.2, 0.25) is 0 Å². The Labute approximate surface area is 120 Å². The number of carbonyl (C=O) groups excluding carboxylic acids is 2. The molecule has 0 aliphatic heterocycles. The highest BCUT2D eigenvalue weighted by Crippen LogP contribution is 2.11. The first kappa shape index (κ1) is 16.2. The number of hydrogen-bond donors (Lipinski definition) is 2. The van der Waals surface area contributed by atoms with Crippen molar-refractivity contribution in [1.82, 2.24) is 5.32 Å². The fraction of sp³-hybridized carbons (Fsp3) is 0.462. The van der Waals surface area contributed by atoms with Crippen LogP contribution in [0.25, 0.3) is 0 Å². The molecular formula is C13H17NO5S. The van der Waals surface area contributed by atoms with Crippen LogP contribution in [0.15, 0.2) is 17.5 Å². The predicted molar refractivity (Wildman–Crippen MR) is 73.5 cm³/mol. The van der Waals surface area contributed by atoms with Gasteiger partial charge in [-0.05, 0) is 24.3 Å². The summed E-state index contributed by atoms with van der Waals surface area (Å²) in [4.78, 5) is 34.7. The van der Waals surface area contributed by atoms with Crippen molar-refractivity contribution in [3.63, 3.8) is 0 Å². The Kier molecular flexibility index (Phi) is 6.72. The molecule has 6 nitrogen and oxygen atoms in total. The Morgan fingerprint density at radius 2 is 2.15 bits per heavy atom. The predicted octanol–water partition coefficient (Wildman–Crippen LogP) is 1.20. The lowest BCUT2D eigenvalue weighted by molar-refractivity contribution is -0.144. The van der Waals surface area contributed by atoms with E-state index in [-0.39, 0.29) is 25.2 Å². The van der Waals surface area contributed by atoms with Crippen LogP contribution in [0.5, 0.6) is 0 Å². The van der Waals surface area contributed by atoms with E-state index in [0.717, 1.165) is 4.88 Å². The number of ether oxygens (including phenoxy) is 1. The Morgan fingerprint density at radius 3 is 2.70 bits per heavy atom. The van der Waals surface area contributed by atoms with Crippen LogP contribution in [0.3, 0.4) is 0 Å². The molecule has 1 amide bonds. The zero-order valence-electron chi connectivity index (χ0n) is 11.1. The summed E-state index contributed by atoms with van der Waals surface area (Å²) in [6.07, 6.45) is 0.779. The summed E-state index contributed by atoms with van der Waals surface area (Å²) < 4.78 is 4.44. The van der Waals surface area contributed by atoms with Crippen molar-refractivity contribution in [2.24, 2.45) is 0 Å². The van der Waals surface area contributed by atoms with E-state index in [0.29, 0.717) is 6.42 Å². The van der Waals surface area contributed by atoms with Crippen molar-refractivity contribution in [3.05, 3.63) is 22.4 Å². The van der Waals surface area contributed by atoms with Crippen LogP contribution in [-0.4, -0.2) is 36.1 Å². The highest BCUT2D eigenvalue weighted by atomic mass is 32.1. The van der Waals surface area contributed by atoms with Crippen molar-refractivity contribution in [2.45, 2.75) is 31.7 Å². The van der Waals surface area contributed by atoms with Crippen molar-refractivity contribution < 1.29 is 24.2 Å². The lowest BCUT2D eigenvalue weighted by Gasteiger charge is -2.13. The van der Waals surface area contributed by atoms with Gasteiger partial charge in [0.25, 0.3) is 0 Å². The third-order valence-corrected chi connectivity index (χ3v) is 3.61. The van der Waals surface area contributed by atoms with Gasteiger partial charge in [-0.2, -0.15) is 0 Å². The average Bonchev–Trinajstić information content (AvgIpc) is 2.93. The first-order valence-electron chi connectivity index (χ1n) is 6.14. The molecule has 1 heterocycles. The molecule has 1 atom stereocenters. The minimum Gasteiger partial charge on any atom is -0.480 e. The molecule has 0 aliphatic rings. The Morgan fingerprint density at radius 1 is 1.40 bits per heavy atom. The number of rotatable bonds is 8. The lowest BCUT2D eigenvalue weighted by atomic mass is 10.1. The van der Waals surface area contributed by atoms with Crippen molar-refractivity contribution >= 4 is 29.2 Å². The number of hydrogen-bond acceptors (Lipinski definition) is 5. The number of carboxylic acids is 1. The van der Waals surface area contributed by atoms with Gasteiger partial charge in [0.05, 0.1) is 7.11 Å². The Hall–Kier alpha value is -1.89. The monoisotopic (exact) mass is 299 g/mol. The third-order valence-electron chi connectivity index (χ3n) is 2.68. The number of carboxylic acid groups (broad SMARTS) is 1. The number of esters is 1. The van der Waals surface area contributed by atoms with E-state index >= 15 is 0 Å². The second kappa shape index (κ2) is 8.31. The maximum absolute atomic E-state index is 11.7. The average molecular weight is 299 g/mol. The molecule has 0 saturated heterocycles. The summed E-state index contributed by atoms with van der Waals surface area (Å²) in [5, 5.41) is 13.3. The van der Waals surface area contributed by atoms with Gasteiger partial charge in [0.2, 0.25) is 5.91 Å². The van der Waals surface area contributed by atoms with E-state index in [1.807, 2.05) is 17.5 Å². The molecule has 1 aromatic rings. The summed E-state index contributed by atoms with van der Waals surface area (Å²) in [6.45, 7) is 0. The first-order valence-corrected chi connectivity index (χ1v) is 7.02. The molecule has 0 spiro atoms. The zero-order valence-corrected chi connectivity index (χ0v) is 11.9. The number of carbonyl (C=O) groups is 3. The molecule has 0 aliphatic carbocycles. The quantitative estimate of drug-likeness (QED) is 0.704. The van der Waals surface area contributed by atoms with Gasteiger partial charge >= 0.3 is 11.9 Å². The minimum atomic E-state index is -1.15. The van der Waals surface area contributed by atoms with Gasteiger partial charge in [-0.3, -0.25) is 9.59 Å². The van der Waals surface area contributed by atoms with Crippen LogP contribution in [0.4, 0.5) is 0 Å². The van der Waals surface area contributed by atoms with Crippen LogP contribution >= 0.6 is 11.3 Å². The van der Waals surface area contributed by atoms with Crippen LogP contribution < -0.4 is 5.32 Å². The number of amides is 1. The lowest BCUT2D eigenvalue weighted by Crippen LogP contribution is -2.41. The number of methoxy groups -OCH3 is 1. The van der Waals surface area contributed by atoms with E-state index in [1.54, 1.807) is 11.3 Å². The molecule has 1 rings (SSSR count). The molecule has 0 radical (unpaired) electrons. The van der Waals surface area contributed by atoms with Crippen LogP contribution in [0.1, 0.15) is 24.1 Å². The van der Waals surface area contributed by atoms with E-state index < -0.39 is 18.0 Å². The summed E-state index contributed by atoms with van der Waals surface area (Å²) in [5.74, 6) is -1.99. The highest BCUT2D eigenvalue weighted by molar-refractivity contribution is 7.09. The molecule has 7 heteroatoms. The maximum atomic E-state index is 11.7. The molecule has 0 aromatic carbocycles.